The summed E-state index contributed by atoms with van der Waals surface area (Å²) in [6, 6.07) is 1.99. The van der Waals surface area contributed by atoms with Crippen LogP contribution in [0.4, 0.5) is 18.9 Å². The molecule has 3 N–H and O–H groups in total. The van der Waals surface area contributed by atoms with Crippen molar-refractivity contribution in [3.8, 4) is 5.75 Å². The van der Waals surface area contributed by atoms with Crippen LogP contribution in [0, 0.1) is 6.92 Å². The van der Waals surface area contributed by atoms with Gasteiger partial charge in [-0.3, -0.25) is 0 Å². The number of hydrogen-bond acceptors (Lipinski definition) is 2. The summed E-state index contributed by atoms with van der Waals surface area (Å²) in [5, 5.41) is 9.08. The largest absolute Gasteiger partial charge is 0.507 e. The van der Waals surface area contributed by atoms with E-state index in [0.717, 1.165) is 0 Å². The number of nitrogens with two attached hydrogens (primary N) is 1. The van der Waals surface area contributed by atoms with Gasteiger partial charge in [0.1, 0.15) is 5.75 Å². The second kappa shape index (κ2) is 2.83. The van der Waals surface area contributed by atoms with E-state index in [1.165, 1.54) is 13.0 Å². The number of phenols is 1. The summed E-state index contributed by atoms with van der Waals surface area (Å²) in [6.45, 7) is 1.36. The fraction of sp³-hybridized carbons (Fsp3) is 0.250. The van der Waals surface area contributed by atoms with E-state index < -0.39 is 17.5 Å². The lowest BCUT2D eigenvalue weighted by Gasteiger charge is -2.11. The molecule has 0 atom stereocenters. The van der Waals surface area contributed by atoms with Crippen molar-refractivity contribution in [1.82, 2.24) is 0 Å². The summed E-state index contributed by atoms with van der Waals surface area (Å²) < 4.78 is 36.6. The summed E-state index contributed by atoms with van der Waals surface area (Å²) >= 11 is 0. The van der Waals surface area contributed by atoms with Gasteiger partial charge in [0, 0.05) is 5.69 Å². The number of anilines is 1. The van der Waals surface area contributed by atoms with E-state index in [1.807, 2.05) is 0 Å². The van der Waals surface area contributed by atoms with Gasteiger partial charge in [-0.1, -0.05) is 0 Å². The second-order valence-electron chi connectivity index (χ2n) is 2.73. The first-order valence-electron chi connectivity index (χ1n) is 3.48. The normalized spacial score (nSPS) is 11.7. The van der Waals surface area contributed by atoms with Gasteiger partial charge >= 0.3 is 6.18 Å². The van der Waals surface area contributed by atoms with Gasteiger partial charge in [0.15, 0.2) is 0 Å². The van der Waals surface area contributed by atoms with Crippen molar-refractivity contribution in [2.45, 2.75) is 13.1 Å². The Morgan fingerprint density at radius 1 is 1.31 bits per heavy atom. The van der Waals surface area contributed by atoms with Crippen molar-refractivity contribution < 1.29 is 18.3 Å². The van der Waals surface area contributed by atoms with Crippen LogP contribution in [-0.4, -0.2) is 5.11 Å². The molecule has 0 aliphatic carbocycles. The van der Waals surface area contributed by atoms with E-state index in [1.54, 1.807) is 0 Å². The Morgan fingerprint density at radius 2 is 1.85 bits per heavy atom. The van der Waals surface area contributed by atoms with Gasteiger partial charge in [-0.15, -0.1) is 0 Å². The first-order valence-corrected chi connectivity index (χ1v) is 3.48. The quantitative estimate of drug-likeness (QED) is 0.488. The number of rotatable bonds is 0. The molecule has 72 valence electrons. The molecule has 0 spiro atoms. The van der Waals surface area contributed by atoms with Crippen molar-refractivity contribution in [3.05, 3.63) is 23.3 Å². The minimum atomic E-state index is -4.57. The zero-order valence-electron chi connectivity index (χ0n) is 6.81. The van der Waals surface area contributed by atoms with Crippen LogP contribution in [0.2, 0.25) is 0 Å². The van der Waals surface area contributed by atoms with E-state index in [4.69, 9.17) is 10.8 Å². The maximum Gasteiger partial charge on any atom is 0.420 e. The summed E-state index contributed by atoms with van der Waals surface area (Å²) in [4.78, 5) is 0. The number of aryl methyl sites for hydroxylation is 1. The number of halogens is 3. The first-order chi connectivity index (χ1) is 5.82. The van der Waals surface area contributed by atoms with Crippen LogP contribution in [0.15, 0.2) is 12.1 Å². The molecule has 0 aliphatic rings. The highest BCUT2D eigenvalue weighted by Crippen LogP contribution is 2.38. The van der Waals surface area contributed by atoms with Crippen LogP contribution in [-0.2, 0) is 6.18 Å². The number of alkyl halides is 3. The van der Waals surface area contributed by atoms with Gasteiger partial charge in [-0.05, 0) is 24.6 Å². The van der Waals surface area contributed by atoms with E-state index in [0.29, 0.717) is 6.07 Å². The van der Waals surface area contributed by atoms with Gasteiger partial charge in [0.05, 0.1) is 5.56 Å². The number of hydrogen-bond donors (Lipinski definition) is 2. The summed E-state index contributed by atoms with van der Waals surface area (Å²) in [7, 11) is 0. The smallest absolute Gasteiger partial charge is 0.420 e. The lowest BCUT2D eigenvalue weighted by Crippen LogP contribution is -2.06. The van der Waals surface area contributed by atoms with Gasteiger partial charge in [0.25, 0.3) is 0 Å². The molecule has 13 heavy (non-hydrogen) atoms. The molecule has 5 heteroatoms. The maximum absolute atomic E-state index is 12.2. The van der Waals surface area contributed by atoms with Gasteiger partial charge in [-0.2, -0.15) is 13.2 Å². The molecular weight excluding hydrogens is 183 g/mol. The van der Waals surface area contributed by atoms with E-state index in [9.17, 15) is 13.2 Å². The molecule has 0 saturated carbocycles. The monoisotopic (exact) mass is 191 g/mol. The second-order valence-corrected chi connectivity index (χ2v) is 2.73. The molecule has 0 amide bonds. The van der Waals surface area contributed by atoms with Gasteiger partial charge in [0.2, 0.25) is 0 Å². The molecule has 2 nitrogen and oxygen atoms in total. The molecular formula is C8H8F3NO. The Hall–Kier alpha value is -1.39. The minimum absolute atomic E-state index is 0.0115. The van der Waals surface area contributed by atoms with E-state index >= 15 is 0 Å². The standard InChI is InChI=1S/C8H8F3NO/c1-4-2-5(12)3-6(7(4)13)8(9,10)11/h2-3,13H,12H2,1H3. The third kappa shape index (κ3) is 1.85. The number of nitrogen functional groups attached to an aromatic ring is 1. The van der Waals surface area contributed by atoms with Crippen molar-refractivity contribution in [3.63, 3.8) is 0 Å². The van der Waals surface area contributed by atoms with Crippen LogP contribution < -0.4 is 5.73 Å². The maximum atomic E-state index is 12.2. The van der Waals surface area contributed by atoms with Gasteiger partial charge in [-0.25, -0.2) is 0 Å². The fourth-order valence-electron chi connectivity index (χ4n) is 1.02. The SMILES string of the molecule is Cc1cc(N)cc(C(F)(F)F)c1O. The predicted octanol–water partition coefficient (Wildman–Crippen LogP) is 2.30. The molecule has 1 aromatic rings. The van der Waals surface area contributed by atoms with Crippen LogP contribution in [0.5, 0.6) is 5.75 Å². The molecule has 0 unspecified atom stereocenters. The first kappa shape index (κ1) is 9.70. The molecule has 1 rings (SSSR count). The van der Waals surface area contributed by atoms with Crippen molar-refractivity contribution in [2.75, 3.05) is 5.73 Å². The lowest BCUT2D eigenvalue weighted by molar-refractivity contribution is -0.138. The highest BCUT2D eigenvalue weighted by Gasteiger charge is 2.34. The zero-order valence-corrected chi connectivity index (χ0v) is 6.81. The molecule has 0 aliphatic heterocycles. The third-order valence-corrected chi connectivity index (χ3v) is 1.63. The van der Waals surface area contributed by atoms with Gasteiger partial charge < -0.3 is 10.8 Å². The summed E-state index contributed by atoms with van der Waals surface area (Å²) in [5.41, 5.74) is 4.23. The molecule has 1 aromatic carbocycles. The Balaban J connectivity index is 3.37. The highest BCUT2D eigenvalue weighted by molar-refractivity contribution is 5.53. The Kier molecular flexibility index (Phi) is 2.11. The average molecular weight is 191 g/mol. The van der Waals surface area contributed by atoms with Crippen molar-refractivity contribution in [2.24, 2.45) is 0 Å². The number of aromatic hydroxyl groups is 1. The van der Waals surface area contributed by atoms with Crippen LogP contribution in [0.25, 0.3) is 0 Å². The molecule has 0 aromatic heterocycles. The summed E-state index contributed by atoms with van der Waals surface area (Å²) in [5.74, 6) is -0.762. The predicted molar refractivity (Wildman–Crippen MR) is 42.3 cm³/mol. The lowest BCUT2D eigenvalue weighted by atomic mass is 10.1. The Bertz CT molecular complexity index is 333. The van der Waals surface area contributed by atoms with E-state index in [-0.39, 0.29) is 11.3 Å². The molecule has 0 radical (unpaired) electrons. The Morgan fingerprint density at radius 3 is 2.31 bits per heavy atom. The number of phenolic OH excluding ortho intramolecular Hbond substituents is 1. The topological polar surface area (TPSA) is 46.2 Å². The van der Waals surface area contributed by atoms with Crippen molar-refractivity contribution in [1.29, 1.82) is 0 Å². The average Bonchev–Trinajstić information content (AvgIpc) is 1.94. The van der Waals surface area contributed by atoms with E-state index in [2.05, 4.69) is 0 Å². The van der Waals surface area contributed by atoms with Crippen LogP contribution in [0.1, 0.15) is 11.1 Å². The minimum Gasteiger partial charge on any atom is -0.507 e. The Labute approximate surface area is 72.8 Å². The fourth-order valence-corrected chi connectivity index (χ4v) is 1.02. The van der Waals surface area contributed by atoms with Crippen molar-refractivity contribution >= 4 is 5.69 Å². The third-order valence-electron chi connectivity index (χ3n) is 1.63. The summed E-state index contributed by atoms with van der Waals surface area (Å²) in [6.07, 6.45) is -4.57. The highest BCUT2D eigenvalue weighted by atomic mass is 19.4. The molecule has 0 fully saturated rings. The van der Waals surface area contributed by atoms with Crippen LogP contribution >= 0.6 is 0 Å². The van der Waals surface area contributed by atoms with Crippen LogP contribution in [0.3, 0.4) is 0 Å². The zero-order chi connectivity index (χ0) is 10.2. The number of benzene rings is 1. The molecule has 0 saturated heterocycles. The molecule has 0 heterocycles. The molecule has 0 bridgehead atoms.